The van der Waals surface area contributed by atoms with Gasteiger partial charge in [0.25, 0.3) is 0 Å². The van der Waals surface area contributed by atoms with Crippen LogP contribution in [0.25, 0.3) is 10.6 Å². The first-order chi connectivity index (χ1) is 12.4. The number of aromatic nitrogens is 1. The molecule has 0 radical (unpaired) electrons. The summed E-state index contributed by atoms with van der Waals surface area (Å²) in [5.41, 5.74) is 8.57. The molecule has 0 aliphatic carbocycles. The minimum absolute atomic E-state index is 0. The zero-order valence-corrected chi connectivity index (χ0v) is 19.4. The number of rotatable bonds is 6. The zero-order valence-electron chi connectivity index (χ0n) is 16.9. The van der Waals surface area contributed by atoms with E-state index in [1.807, 2.05) is 25.1 Å². The van der Waals surface area contributed by atoms with Gasteiger partial charge in [-0.1, -0.05) is 13.8 Å². The molecule has 158 valence electrons. The highest BCUT2D eigenvalue weighted by Gasteiger charge is 2.33. The quantitative estimate of drug-likeness (QED) is 0.699. The maximum absolute atomic E-state index is 6.25. The van der Waals surface area contributed by atoms with E-state index in [0.29, 0.717) is 6.61 Å². The van der Waals surface area contributed by atoms with Gasteiger partial charge >= 0.3 is 0 Å². The van der Waals surface area contributed by atoms with Crippen LogP contribution in [0.2, 0.25) is 0 Å². The fraction of sp³-hybridized carbons (Fsp3) is 0.550. The lowest BCUT2D eigenvalue weighted by Crippen LogP contribution is -2.52. The number of thiazole rings is 1. The van der Waals surface area contributed by atoms with Crippen LogP contribution in [0.3, 0.4) is 0 Å². The summed E-state index contributed by atoms with van der Waals surface area (Å²) >= 11 is 1.67. The van der Waals surface area contributed by atoms with Crippen molar-refractivity contribution >= 4 is 36.2 Å². The van der Waals surface area contributed by atoms with Gasteiger partial charge in [-0.15, -0.1) is 36.2 Å². The molecule has 1 atom stereocenters. The smallest absolute Gasteiger partial charge is 0.161 e. The molecule has 0 bridgehead atoms. The minimum Gasteiger partial charge on any atom is -0.493 e. The molecule has 1 aromatic carbocycles. The van der Waals surface area contributed by atoms with Crippen molar-refractivity contribution in [1.82, 2.24) is 9.88 Å². The van der Waals surface area contributed by atoms with Gasteiger partial charge in [-0.05, 0) is 37.0 Å². The molecule has 0 saturated carbocycles. The topological polar surface area (TPSA) is 60.6 Å². The van der Waals surface area contributed by atoms with Gasteiger partial charge in [0.1, 0.15) is 5.01 Å². The van der Waals surface area contributed by atoms with Gasteiger partial charge in [-0.3, -0.25) is 4.90 Å². The third kappa shape index (κ3) is 5.74. The number of halogens is 2. The number of hydrogen-bond donors (Lipinski definition) is 1. The number of nitrogens with two attached hydrogens (primary N) is 1. The lowest BCUT2D eigenvalue weighted by Gasteiger charge is -2.42. The van der Waals surface area contributed by atoms with Crippen molar-refractivity contribution < 1.29 is 9.47 Å². The van der Waals surface area contributed by atoms with Gasteiger partial charge in [0.15, 0.2) is 11.5 Å². The van der Waals surface area contributed by atoms with Gasteiger partial charge in [-0.25, -0.2) is 4.98 Å². The molecule has 1 aliphatic heterocycles. The number of hydrogen-bond acceptors (Lipinski definition) is 6. The van der Waals surface area contributed by atoms with Crippen LogP contribution in [-0.4, -0.2) is 42.7 Å². The largest absolute Gasteiger partial charge is 0.493 e. The Balaban J connectivity index is 0.00000196. The first kappa shape index (κ1) is 25.0. The van der Waals surface area contributed by atoms with Crippen LogP contribution in [0.4, 0.5) is 0 Å². The first-order valence-electron chi connectivity index (χ1n) is 9.16. The maximum atomic E-state index is 6.25. The molecule has 1 fully saturated rings. The fourth-order valence-corrected chi connectivity index (χ4v) is 4.24. The summed E-state index contributed by atoms with van der Waals surface area (Å²) in [5, 5.41) is 3.16. The fourth-order valence-electron chi connectivity index (χ4n) is 3.44. The van der Waals surface area contributed by atoms with Gasteiger partial charge in [-0.2, -0.15) is 0 Å². The van der Waals surface area contributed by atoms with Crippen molar-refractivity contribution in [1.29, 1.82) is 0 Å². The van der Waals surface area contributed by atoms with Crippen molar-refractivity contribution in [2.24, 2.45) is 11.1 Å². The molecular weight excluding hydrogens is 417 g/mol. The Morgan fingerprint density at radius 1 is 1.29 bits per heavy atom. The van der Waals surface area contributed by atoms with Gasteiger partial charge in [0.2, 0.25) is 0 Å². The molecule has 8 heteroatoms. The van der Waals surface area contributed by atoms with E-state index in [1.54, 1.807) is 18.4 Å². The Kier molecular flexibility index (Phi) is 9.50. The van der Waals surface area contributed by atoms with Crippen LogP contribution in [0.15, 0.2) is 23.6 Å². The Bertz CT molecular complexity index is 755. The Morgan fingerprint density at radius 2 is 2.04 bits per heavy atom. The number of benzene rings is 1. The molecular formula is C20H31Cl2N3O2S. The summed E-state index contributed by atoms with van der Waals surface area (Å²) in [7, 11) is 1.66. The second-order valence-corrected chi connectivity index (χ2v) is 8.40. The average Bonchev–Trinajstić information content (AvgIpc) is 3.07. The van der Waals surface area contributed by atoms with E-state index in [9.17, 15) is 0 Å². The van der Waals surface area contributed by atoms with E-state index in [4.69, 9.17) is 20.2 Å². The van der Waals surface area contributed by atoms with Crippen molar-refractivity contribution in [3.8, 4) is 22.1 Å². The van der Waals surface area contributed by atoms with E-state index in [0.717, 1.165) is 53.8 Å². The molecule has 5 nitrogen and oxygen atoms in total. The van der Waals surface area contributed by atoms with Crippen molar-refractivity contribution in [3.63, 3.8) is 0 Å². The summed E-state index contributed by atoms with van der Waals surface area (Å²) in [4.78, 5) is 7.30. The number of ether oxygens (including phenoxy) is 2. The molecule has 0 amide bonds. The molecule has 2 heterocycles. The van der Waals surface area contributed by atoms with Crippen LogP contribution in [0.5, 0.6) is 11.5 Å². The van der Waals surface area contributed by atoms with Crippen LogP contribution >= 0.6 is 36.2 Å². The van der Waals surface area contributed by atoms with Crippen molar-refractivity contribution in [2.45, 2.75) is 39.8 Å². The highest BCUT2D eigenvalue weighted by Crippen LogP contribution is 2.34. The minimum atomic E-state index is 0. The van der Waals surface area contributed by atoms with Crippen molar-refractivity contribution in [3.05, 3.63) is 29.3 Å². The summed E-state index contributed by atoms with van der Waals surface area (Å²) in [5.74, 6) is 1.51. The van der Waals surface area contributed by atoms with E-state index in [1.165, 1.54) is 0 Å². The zero-order chi connectivity index (χ0) is 18.7. The van der Waals surface area contributed by atoms with Gasteiger partial charge in [0.05, 0.1) is 19.4 Å². The number of likely N-dealkylation sites (tertiary alicyclic amines) is 1. The number of nitrogens with zero attached hydrogens (tertiary/aromatic N) is 2. The molecule has 2 N–H and O–H groups in total. The van der Waals surface area contributed by atoms with Gasteiger partial charge in [0, 0.05) is 36.6 Å². The highest BCUT2D eigenvalue weighted by atomic mass is 35.5. The SMILES string of the molecule is CCOc1ccc(-c2nc(CN3CCC(N)C(C)(C)C3)cs2)cc1OC.Cl.Cl. The maximum Gasteiger partial charge on any atom is 0.161 e. The molecule has 0 spiro atoms. The molecule has 3 rings (SSSR count). The summed E-state index contributed by atoms with van der Waals surface area (Å²) in [6, 6.07) is 6.27. The van der Waals surface area contributed by atoms with Gasteiger partial charge < -0.3 is 15.2 Å². The molecule has 1 saturated heterocycles. The van der Waals surface area contributed by atoms with Crippen LogP contribution in [0, 0.1) is 5.41 Å². The van der Waals surface area contributed by atoms with E-state index < -0.39 is 0 Å². The molecule has 2 aromatic rings. The second-order valence-electron chi connectivity index (χ2n) is 7.54. The third-order valence-corrected chi connectivity index (χ3v) is 5.98. The monoisotopic (exact) mass is 447 g/mol. The highest BCUT2D eigenvalue weighted by molar-refractivity contribution is 7.13. The van der Waals surface area contributed by atoms with Crippen LogP contribution in [-0.2, 0) is 6.54 Å². The molecule has 1 aromatic heterocycles. The Labute approximate surface area is 184 Å². The number of methoxy groups -OCH3 is 1. The lowest BCUT2D eigenvalue weighted by atomic mass is 9.80. The van der Waals surface area contributed by atoms with E-state index in [-0.39, 0.29) is 36.3 Å². The normalized spacial score (nSPS) is 18.7. The summed E-state index contributed by atoms with van der Waals surface area (Å²) < 4.78 is 11.0. The van der Waals surface area contributed by atoms with E-state index in [2.05, 4.69) is 24.1 Å². The second kappa shape index (κ2) is 10.6. The molecule has 28 heavy (non-hydrogen) atoms. The van der Waals surface area contributed by atoms with Crippen LogP contribution in [0.1, 0.15) is 32.9 Å². The average molecular weight is 448 g/mol. The van der Waals surface area contributed by atoms with Crippen molar-refractivity contribution in [2.75, 3.05) is 26.8 Å². The van der Waals surface area contributed by atoms with E-state index >= 15 is 0 Å². The Morgan fingerprint density at radius 3 is 2.68 bits per heavy atom. The first-order valence-corrected chi connectivity index (χ1v) is 10.0. The standard InChI is InChI=1S/C20H29N3O2S.2ClH/c1-5-25-16-7-6-14(10-17(16)24-4)19-22-15(12-26-19)11-23-9-8-18(21)20(2,3)13-23;;/h6-7,10,12,18H,5,8-9,11,13,21H2,1-4H3;2*1H. The number of piperidine rings is 1. The molecule has 1 unspecified atom stereocenters. The predicted octanol–water partition coefficient (Wildman–Crippen LogP) is 4.62. The summed E-state index contributed by atoms with van der Waals surface area (Å²) in [6.07, 6.45) is 1.04. The Hall–Kier alpha value is -1.05. The van der Waals surface area contributed by atoms with Crippen LogP contribution < -0.4 is 15.2 Å². The molecule has 1 aliphatic rings. The third-order valence-electron chi connectivity index (χ3n) is 5.04. The summed E-state index contributed by atoms with van der Waals surface area (Å²) in [6.45, 7) is 10.0. The lowest BCUT2D eigenvalue weighted by molar-refractivity contribution is 0.0891. The predicted molar refractivity (Wildman–Crippen MR) is 121 cm³/mol.